The third-order valence-electron chi connectivity index (χ3n) is 4.45. The molecule has 1 atom stereocenters. The van der Waals surface area contributed by atoms with Gasteiger partial charge in [-0.3, -0.25) is 14.5 Å². The Kier molecular flexibility index (Phi) is 5.79. The van der Waals surface area contributed by atoms with Gasteiger partial charge in [0.1, 0.15) is 0 Å². The topological polar surface area (TPSA) is 91.9 Å². The highest BCUT2D eigenvalue weighted by molar-refractivity contribution is 5.75. The Hall–Kier alpha value is -1.86. The van der Waals surface area contributed by atoms with Gasteiger partial charge < -0.3 is 19.6 Å². The number of aromatic amines is 1. The molecule has 1 aromatic rings. The van der Waals surface area contributed by atoms with Crippen molar-refractivity contribution in [3.63, 3.8) is 0 Å². The maximum absolute atomic E-state index is 11.8. The smallest absolute Gasteiger partial charge is 0.311 e. The fraction of sp³-hybridized carbons (Fsp3) is 0.625. The molecular weight excluding hydrogens is 300 g/mol. The van der Waals surface area contributed by atoms with Crippen molar-refractivity contribution >= 4 is 5.97 Å². The number of pyridine rings is 1. The SMILES string of the molecule is COCC[C@@]1(C(=O)O)CCCN(Cc2cc(=O)c(OC)c[nH]2)C1. The van der Waals surface area contributed by atoms with Crippen LogP contribution in [0.2, 0.25) is 0 Å². The molecule has 0 unspecified atom stereocenters. The number of hydrogen-bond donors (Lipinski definition) is 2. The lowest BCUT2D eigenvalue weighted by Crippen LogP contribution is -2.48. The van der Waals surface area contributed by atoms with Crippen molar-refractivity contribution in [2.24, 2.45) is 5.41 Å². The van der Waals surface area contributed by atoms with Crippen molar-refractivity contribution in [1.82, 2.24) is 9.88 Å². The van der Waals surface area contributed by atoms with E-state index in [1.54, 1.807) is 7.11 Å². The minimum atomic E-state index is -0.777. The average Bonchev–Trinajstić information content (AvgIpc) is 2.53. The van der Waals surface area contributed by atoms with E-state index >= 15 is 0 Å². The Morgan fingerprint density at radius 1 is 1.48 bits per heavy atom. The normalized spacial score (nSPS) is 22.0. The Morgan fingerprint density at radius 3 is 2.87 bits per heavy atom. The zero-order valence-electron chi connectivity index (χ0n) is 13.6. The van der Waals surface area contributed by atoms with Gasteiger partial charge in [-0.2, -0.15) is 0 Å². The molecule has 1 fully saturated rings. The maximum atomic E-state index is 11.8. The molecule has 0 aromatic carbocycles. The first kappa shape index (κ1) is 17.5. The second-order valence-electron chi connectivity index (χ2n) is 6.03. The Labute approximate surface area is 135 Å². The summed E-state index contributed by atoms with van der Waals surface area (Å²) in [6.07, 6.45) is 3.50. The van der Waals surface area contributed by atoms with Gasteiger partial charge >= 0.3 is 5.97 Å². The zero-order chi connectivity index (χ0) is 16.9. The first-order chi connectivity index (χ1) is 11.0. The van der Waals surface area contributed by atoms with Crippen molar-refractivity contribution in [3.8, 4) is 5.75 Å². The van der Waals surface area contributed by atoms with Crippen LogP contribution in [0.5, 0.6) is 5.75 Å². The van der Waals surface area contributed by atoms with Gasteiger partial charge in [0.25, 0.3) is 0 Å². The van der Waals surface area contributed by atoms with Gasteiger partial charge in [0.15, 0.2) is 5.75 Å². The van der Waals surface area contributed by atoms with Crippen molar-refractivity contribution in [1.29, 1.82) is 0 Å². The van der Waals surface area contributed by atoms with E-state index in [1.165, 1.54) is 19.4 Å². The molecule has 0 bridgehead atoms. The third-order valence-corrected chi connectivity index (χ3v) is 4.45. The van der Waals surface area contributed by atoms with Crippen LogP contribution < -0.4 is 10.2 Å². The van der Waals surface area contributed by atoms with E-state index in [0.717, 1.165) is 18.7 Å². The number of rotatable bonds is 7. The molecule has 1 aliphatic heterocycles. The quantitative estimate of drug-likeness (QED) is 0.780. The van der Waals surface area contributed by atoms with Crippen molar-refractivity contribution < 1.29 is 19.4 Å². The highest BCUT2D eigenvalue weighted by Gasteiger charge is 2.41. The van der Waals surface area contributed by atoms with E-state index < -0.39 is 11.4 Å². The molecule has 1 aromatic heterocycles. The first-order valence-electron chi connectivity index (χ1n) is 7.71. The third kappa shape index (κ3) is 4.11. The van der Waals surface area contributed by atoms with Gasteiger partial charge in [-0.05, 0) is 25.8 Å². The number of nitrogens with one attached hydrogen (secondary N) is 1. The summed E-state index contributed by atoms with van der Waals surface area (Å²) < 4.78 is 10.0. The number of nitrogens with zero attached hydrogens (tertiary/aromatic N) is 1. The van der Waals surface area contributed by atoms with Gasteiger partial charge in [0.2, 0.25) is 5.43 Å². The fourth-order valence-corrected chi connectivity index (χ4v) is 3.14. The zero-order valence-corrected chi connectivity index (χ0v) is 13.6. The number of H-pyrrole nitrogens is 1. The molecule has 0 amide bonds. The number of aliphatic carboxylic acids is 1. The summed E-state index contributed by atoms with van der Waals surface area (Å²) >= 11 is 0. The molecule has 2 N–H and O–H groups in total. The molecule has 7 nitrogen and oxygen atoms in total. The van der Waals surface area contributed by atoms with Gasteiger partial charge in [0, 0.05) is 44.8 Å². The van der Waals surface area contributed by atoms with Crippen LogP contribution in [-0.2, 0) is 16.1 Å². The number of hydrogen-bond acceptors (Lipinski definition) is 5. The fourth-order valence-electron chi connectivity index (χ4n) is 3.14. The van der Waals surface area contributed by atoms with E-state index in [0.29, 0.717) is 32.5 Å². The molecule has 128 valence electrons. The molecule has 2 heterocycles. The summed E-state index contributed by atoms with van der Waals surface area (Å²) in [7, 11) is 3.03. The molecule has 0 spiro atoms. The molecule has 23 heavy (non-hydrogen) atoms. The number of carboxylic acid groups (broad SMARTS) is 1. The van der Waals surface area contributed by atoms with Gasteiger partial charge in [-0.15, -0.1) is 0 Å². The van der Waals surface area contributed by atoms with Crippen LogP contribution >= 0.6 is 0 Å². The lowest BCUT2D eigenvalue weighted by molar-refractivity contribution is -0.154. The summed E-state index contributed by atoms with van der Waals surface area (Å²) in [5.41, 5.74) is -0.202. The minimum absolute atomic E-state index is 0.179. The lowest BCUT2D eigenvalue weighted by Gasteiger charge is -2.39. The van der Waals surface area contributed by atoms with Crippen LogP contribution in [0.1, 0.15) is 25.0 Å². The number of aromatic nitrogens is 1. The summed E-state index contributed by atoms with van der Waals surface area (Å²) in [6.45, 7) is 2.22. The molecule has 2 rings (SSSR count). The van der Waals surface area contributed by atoms with Crippen molar-refractivity contribution in [2.75, 3.05) is 33.9 Å². The van der Waals surface area contributed by atoms with Crippen molar-refractivity contribution in [2.45, 2.75) is 25.8 Å². The van der Waals surface area contributed by atoms with E-state index in [9.17, 15) is 14.7 Å². The summed E-state index contributed by atoms with van der Waals surface area (Å²) in [6, 6.07) is 1.51. The van der Waals surface area contributed by atoms with E-state index in [-0.39, 0.29) is 11.2 Å². The van der Waals surface area contributed by atoms with Gasteiger partial charge in [-0.1, -0.05) is 0 Å². The molecule has 7 heteroatoms. The maximum Gasteiger partial charge on any atom is 0.311 e. The number of piperidine rings is 1. The van der Waals surface area contributed by atoms with Gasteiger partial charge in [0.05, 0.1) is 12.5 Å². The van der Waals surface area contributed by atoms with Crippen LogP contribution in [0.4, 0.5) is 0 Å². The molecule has 1 aliphatic rings. The Balaban J connectivity index is 2.09. The number of likely N-dealkylation sites (tertiary alicyclic amines) is 1. The van der Waals surface area contributed by atoms with E-state index in [1.807, 2.05) is 0 Å². The van der Waals surface area contributed by atoms with Crippen molar-refractivity contribution in [3.05, 3.63) is 28.2 Å². The molecule has 0 aliphatic carbocycles. The first-order valence-corrected chi connectivity index (χ1v) is 7.71. The van der Waals surface area contributed by atoms with Crippen LogP contribution in [0.3, 0.4) is 0 Å². The molecular formula is C16H24N2O5. The summed E-state index contributed by atoms with van der Waals surface area (Å²) in [4.78, 5) is 28.7. The van der Waals surface area contributed by atoms with E-state index in [2.05, 4.69) is 9.88 Å². The predicted molar refractivity (Wildman–Crippen MR) is 84.7 cm³/mol. The second kappa shape index (κ2) is 7.61. The Bertz CT molecular complexity index is 600. The Morgan fingerprint density at radius 2 is 2.26 bits per heavy atom. The average molecular weight is 324 g/mol. The predicted octanol–water partition coefficient (Wildman–Crippen LogP) is 1.09. The van der Waals surface area contributed by atoms with E-state index in [4.69, 9.17) is 9.47 Å². The number of carboxylic acids is 1. The summed E-state index contributed by atoms with van der Waals surface area (Å²) in [5, 5.41) is 9.66. The van der Waals surface area contributed by atoms with Crippen LogP contribution in [0.15, 0.2) is 17.1 Å². The monoisotopic (exact) mass is 324 g/mol. The van der Waals surface area contributed by atoms with Crippen LogP contribution in [0, 0.1) is 5.41 Å². The standard InChI is InChI=1S/C16H24N2O5/c1-22-7-5-16(15(20)21)4-3-6-18(11-16)10-12-8-13(19)14(23-2)9-17-12/h8-9H,3-7,10-11H2,1-2H3,(H,17,19)(H,20,21)/t16-/m0/s1. The molecule has 0 saturated carbocycles. The second-order valence-corrected chi connectivity index (χ2v) is 6.03. The molecule has 1 saturated heterocycles. The number of methoxy groups -OCH3 is 2. The lowest BCUT2D eigenvalue weighted by atomic mass is 9.77. The highest BCUT2D eigenvalue weighted by Crippen LogP contribution is 2.34. The number of carbonyl (C=O) groups is 1. The number of ether oxygens (including phenoxy) is 2. The van der Waals surface area contributed by atoms with Crippen LogP contribution in [0.25, 0.3) is 0 Å². The van der Waals surface area contributed by atoms with Gasteiger partial charge in [-0.25, -0.2) is 0 Å². The van der Waals surface area contributed by atoms with Crippen LogP contribution in [-0.4, -0.2) is 54.9 Å². The minimum Gasteiger partial charge on any atom is -0.491 e. The molecule has 0 radical (unpaired) electrons. The summed E-state index contributed by atoms with van der Waals surface area (Å²) in [5.74, 6) is -0.505. The highest BCUT2D eigenvalue weighted by atomic mass is 16.5. The largest absolute Gasteiger partial charge is 0.491 e.